The maximum Gasteiger partial charge on any atom is 0.265 e. The van der Waals surface area contributed by atoms with Crippen molar-refractivity contribution in [2.75, 3.05) is 13.1 Å². The van der Waals surface area contributed by atoms with Crippen LogP contribution in [-0.2, 0) is 0 Å². The summed E-state index contributed by atoms with van der Waals surface area (Å²) in [5.41, 5.74) is 3.85. The molecule has 1 aliphatic carbocycles. The van der Waals surface area contributed by atoms with Crippen LogP contribution in [0.2, 0.25) is 0 Å². The third-order valence-corrected chi connectivity index (χ3v) is 4.22. The second-order valence-electron chi connectivity index (χ2n) is 5.44. The van der Waals surface area contributed by atoms with E-state index in [0.29, 0.717) is 11.3 Å². The molecule has 1 amide bonds. The van der Waals surface area contributed by atoms with E-state index in [0.717, 1.165) is 24.9 Å². The number of benzene rings is 1. The lowest BCUT2D eigenvalue weighted by atomic mass is 10.0. The standard InChI is InChI=1S/C14H17N3O2/c18-14(10-4-6-13(16-19)7-5-10)15-17-8-11-2-1-3-12(11)9-17/h4-7,11-12H,1-3,8-9H2,(H,15,18). The molecule has 0 aromatic heterocycles. The number of amides is 1. The van der Waals surface area contributed by atoms with Crippen molar-refractivity contribution in [1.29, 1.82) is 0 Å². The molecule has 1 aromatic carbocycles. The Kier molecular flexibility index (Phi) is 3.29. The molecule has 100 valence electrons. The Balaban J connectivity index is 1.60. The van der Waals surface area contributed by atoms with E-state index in [-0.39, 0.29) is 5.91 Å². The summed E-state index contributed by atoms with van der Waals surface area (Å²) in [6, 6.07) is 6.37. The highest BCUT2D eigenvalue weighted by Gasteiger charge is 2.36. The predicted octanol–water partition coefficient (Wildman–Crippen LogP) is 2.46. The molecule has 1 aliphatic heterocycles. The van der Waals surface area contributed by atoms with Crippen LogP contribution < -0.4 is 5.43 Å². The molecule has 1 saturated carbocycles. The minimum absolute atomic E-state index is 0.113. The van der Waals surface area contributed by atoms with Crippen molar-refractivity contribution in [2.24, 2.45) is 17.0 Å². The van der Waals surface area contributed by atoms with Crippen molar-refractivity contribution >= 4 is 11.6 Å². The van der Waals surface area contributed by atoms with Gasteiger partial charge in [0.15, 0.2) is 0 Å². The minimum atomic E-state index is -0.113. The largest absolute Gasteiger partial charge is 0.285 e. The van der Waals surface area contributed by atoms with Gasteiger partial charge in [0.2, 0.25) is 0 Å². The van der Waals surface area contributed by atoms with Crippen LogP contribution in [0, 0.1) is 16.7 Å². The quantitative estimate of drug-likeness (QED) is 0.848. The summed E-state index contributed by atoms with van der Waals surface area (Å²) in [4.78, 5) is 22.4. The topological polar surface area (TPSA) is 61.8 Å². The molecule has 2 aliphatic rings. The number of carbonyl (C=O) groups is 1. The van der Waals surface area contributed by atoms with Crippen LogP contribution in [0.5, 0.6) is 0 Å². The normalized spacial score (nSPS) is 26.1. The second kappa shape index (κ2) is 5.09. The van der Waals surface area contributed by atoms with E-state index in [1.165, 1.54) is 19.3 Å². The summed E-state index contributed by atoms with van der Waals surface area (Å²) in [7, 11) is 0. The van der Waals surface area contributed by atoms with Gasteiger partial charge in [-0.3, -0.25) is 10.2 Å². The molecule has 1 saturated heterocycles. The van der Waals surface area contributed by atoms with Gasteiger partial charge in [-0.05, 0) is 54.1 Å². The second-order valence-corrected chi connectivity index (χ2v) is 5.44. The molecular weight excluding hydrogens is 242 g/mol. The molecule has 5 nitrogen and oxygen atoms in total. The highest BCUT2D eigenvalue weighted by Crippen LogP contribution is 2.36. The van der Waals surface area contributed by atoms with Gasteiger partial charge in [-0.2, -0.15) is 0 Å². The lowest BCUT2D eigenvalue weighted by Gasteiger charge is -2.18. The predicted molar refractivity (Wildman–Crippen MR) is 71.8 cm³/mol. The highest BCUT2D eigenvalue weighted by molar-refractivity contribution is 5.94. The van der Waals surface area contributed by atoms with Crippen molar-refractivity contribution in [2.45, 2.75) is 19.3 Å². The van der Waals surface area contributed by atoms with E-state index in [1.807, 2.05) is 5.01 Å². The Morgan fingerprint density at radius 1 is 1.16 bits per heavy atom. The zero-order chi connectivity index (χ0) is 13.2. The van der Waals surface area contributed by atoms with Gasteiger partial charge in [0.05, 0.1) is 0 Å². The Labute approximate surface area is 111 Å². The van der Waals surface area contributed by atoms with Crippen molar-refractivity contribution in [3.8, 4) is 0 Å². The molecule has 2 unspecified atom stereocenters. The summed E-state index contributed by atoms with van der Waals surface area (Å²) in [6.45, 7) is 1.93. The third-order valence-electron chi connectivity index (χ3n) is 4.22. The van der Waals surface area contributed by atoms with Crippen LogP contribution in [0.25, 0.3) is 0 Å². The first-order valence-corrected chi connectivity index (χ1v) is 6.75. The fourth-order valence-electron chi connectivity index (χ4n) is 3.21. The van der Waals surface area contributed by atoms with Gasteiger partial charge >= 0.3 is 0 Å². The molecule has 19 heavy (non-hydrogen) atoms. The van der Waals surface area contributed by atoms with Crippen molar-refractivity contribution in [1.82, 2.24) is 10.4 Å². The molecule has 0 bridgehead atoms. The Bertz CT molecular complexity index is 474. The minimum Gasteiger partial charge on any atom is -0.285 e. The molecular formula is C14H17N3O2. The van der Waals surface area contributed by atoms with Gasteiger partial charge in [0, 0.05) is 18.7 Å². The van der Waals surface area contributed by atoms with E-state index in [1.54, 1.807) is 24.3 Å². The molecule has 1 heterocycles. The van der Waals surface area contributed by atoms with Gasteiger partial charge in [0.1, 0.15) is 5.69 Å². The van der Waals surface area contributed by atoms with Crippen molar-refractivity contribution in [3.63, 3.8) is 0 Å². The fourth-order valence-corrected chi connectivity index (χ4v) is 3.21. The highest BCUT2D eigenvalue weighted by atomic mass is 16.3. The maximum absolute atomic E-state index is 12.1. The summed E-state index contributed by atoms with van der Waals surface area (Å²) >= 11 is 0. The number of nitrogens with one attached hydrogen (secondary N) is 1. The Morgan fingerprint density at radius 2 is 1.79 bits per heavy atom. The van der Waals surface area contributed by atoms with Crippen LogP contribution in [0.15, 0.2) is 29.4 Å². The number of rotatable bonds is 3. The molecule has 0 spiro atoms. The molecule has 1 aromatic rings. The van der Waals surface area contributed by atoms with E-state index in [2.05, 4.69) is 10.6 Å². The van der Waals surface area contributed by atoms with Crippen LogP contribution >= 0.6 is 0 Å². The lowest BCUT2D eigenvalue weighted by Crippen LogP contribution is -2.41. The number of carbonyl (C=O) groups excluding carboxylic acids is 1. The van der Waals surface area contributed by atoms with Crippen LogP contribution in [-0.4, -0.2) is 24.0 Å². The first-order chi connectivity index (χ1) is 9.26. The van der Waals surface area contributed by atoms with Gasteiger partial charge in [0.25, 0.3) is 5.91 Å². The zero-order valence-electron chi connectivity index (χ0n) is 10.7. The van der Waals surface area contributed by atoms with Gasteiger partial charge in [-0.1, -0.05) is 6.42 Å². The summed E-state index contributed by atoms with van der Waals surface area (Å²) in [5.74, 6) is 1.39. The number of hydrogen-bond acceptors (Lipinski definition) is 4. The monoisotopic (exact) mass is 259 g/mol. The van der Waals surface area contributed by atoms with Gasteiger partial charge < -0.3 is 0 Å². The van der Waals surface area contributed by atoms with Crippen LogP contribution in [0.1, 0.15) is 29.6 Å². The van der Waals surface area contributed by atoms with E-state index >= 15 is 0 Å². The van der Waals surface area contributed by atoms with Crippen molar-refractivity contribution in [3.05, 3.63) is 34.7 Å². The summed E-state index contributed by atoms with van der Waals surface area (Å²) < 4.78 is 0. The average molecular weight is 259 g/mol. The maximum atomic E-state index is 12.1. The number of nitroso groups, excluding NO2 is 1. The van der Waals surface area contributed by atoms with E-state index in [4.69, 9.17) is 0 Å². The summed E-state index contributed by atoms with van der Waals surface area (Å²) in [5, 5.41) is 4.85. The van der Waals surface area contributed by atoms with Crippen LogP contribution in [0.3, 0.4) is 0 Å². The smallest absolute Gasteiger partial charge is 0.265 e. The van der Waals surface area contributed by atoms with E-state index < -0.39 is 0 Å². The number of hydrazine groups is 1. The molecule has 5 heteroatoms. The number of fused-ring (bicyclic) bond motifs is 1. The SMILES string of the molecule is O=Nc1ccc(C(=O)NN2CC3CCCC3C2)cc1. The van der Waals surface area contributed by atoms with Gasteiger partial charge in [-0.15, -0.1) is 4.91 Å². The van der Waals surface area contributed by atoms with Gasteiger partial charge in [-0.25, -0.2) is 5.01 Å². The summed E-state index contributed by atoms with van der Waals surface area (Å²) in [6.07, 6.45) is 3.91. The van der Waals surface area contributed by atoms with E-state index in [9.17, 15) is 9.70 Å². The first-order valence-electron chi connectivity index (χ1n) is 6.75. The van der Waals surface area contributed by atoms with Crippen molar-refractivity contribution < 1.29 is 4.79 Å². The molecule has 0 radical (unpaired) electrons. The molecule has 1 N–H and O–H groups in total. The zero-order valence-corrected chi connectivity index (χ0v) is 10.7. The number of nitrogens with zero attached hydrogens (tertiary/aromatic N) is 2. The Morgan fingerprint density at radius 3 is 2.37 bits per heavy atom. The molecule has 3 rings (SSSR count). The van der Waals surface area contributed by atoms with Crippen LogP contribution in [0.4, 0.5) is 5.69 Å². The number of hydrogen-bond donors (Lipinski definition) is 1. The third kappa shape index (κ3) is 2.51. The average Bonchev–Trinajstić information content (AvgIpc) is 2.99. The first kappa shape index (κ1) is 12.3. The molecule has 2 fully saturated rings. The molecule has 2 atom stereocenters. The fraction of sp³-hybridized carbons (Fsp3) is 0.500. The Hall–Kier alpha value is -1.75. The lowest BCUT2D eigenvalue weighted by molar-refractivity contribution is 0.0814.